The van der Waals surface area contributed by atoms with Crippen molar-refractivity contribution < 1.29 is 23.2 Å². The molecule has 0 radical (unpaired) electrons. The van der Waals surface area contributed by atoms with Crippen molar-refractivity contribution in [1.29, 1.82) is 0 Å². The monoisotopic (exact) mass is 384 g/mol. The Kier molecular flexibility index (Phi) is 16.7. The van der Waals surface area contributed by atoms with Crippen LogP contribution in [-0.2, 0) is 27.5 Å². The van der Waals surface area contributed by atoms with Crippen molar-refractivity contribution in [2.24, 2.45) is 10.7 Å². The molecule has 140 valence electrons. The van der Waals surface area contributed by atoms with Crippen LogP contribution in [0.2, 0.25) is 0 Å². The van der Waals surface area contributed by atoms with Crippen LogP contribution in [-0.4, -0.2) is 25.1 Å². The summed E-state index contributed by atoms with van der Waals surface area (Å²) in [5.41, 5.74) is 6.84. The van der Waals surface area contributed by atoms with Gasteiger partial charge in [-0.1, -0.05) is 24.3 Å². The summed E-state index contributed by atoms with van der Waals surface area (Å²) in [6.07, 6.45) is 2.14. The molecule has 26 heavy (non-hydrogen) atoms. The van der Waals surface area contributed by atoms with Crippen molar-refractivity contribution >= 4 is 37.5 Å². The molecule has 0 saturated heterocycles. The quantitative estimate of drug-likeness (QED) is 0.487. The van der Waals surface area contributed by atoms with Crippen LogP contribution in [0.25, 0.3) is 0 Å². The average Bonchev–Trinajstić information content (AvgIpc) is 2.63. The number of nitrogens with two attached hydrogens (primary N) is 1. The highest BCUT2D eigenvalue weighted by Crippen LogP contribution is 2.04. The predicted octanol–water partition coefficient (Wildman–Crippen LogP) is 2.69. The van der Waals surface area contributed by atoms with Gasteiger partial charge in [-0.25, -0.2) is 8.78 Å². The maximum atomic E-state index is 12.6. The molecule has 2 aromatic rings. The summed E-state index contributed by atoms with van der Waals surface area (Å²) in [6.45, 7) is 0.744. The van der Waals surface area contributed by atoms with Gasteiger partial charge >= 0.3 is 0 Å². The topological polar surface area (TPSA) is 89.6 Å². The minimum absolute atomic E-state index is 0. The lowest BCUT2D eigenvalue weighted by Gasteiger charge is -1.94. The number of hydrogen-bond donors (Lipinski definition) is 1. The maximum Gasteiger partial charge on any atom is 0.182 e. The Hall–Kier alpha value is -2.77. The van der Waals surface area contributed by atoms with Crippen molar-refractivity contribution in [1.82, 2.24) is 0 Å². The summed E-state index contributed by atoms with van der Waals surface area (Å²) in [7, 11) is 0. The summed E-state index contributed by atoms with van der Waals surface area (Å²) in [5, 5.41) is 0. The highest BCUT2D eigenvalue weighted by molar-refractivity contribution is 6.12. The Morgan fingerprint density at radius 1 is 0.846 bits per heavy atom. The fourth-order valence-corrected chi connectivity index (χ4v) is 1.50. The van der Waals surface area contributed by atoms with Crippen molar-refractivity contribution in [3.8, 4) is 0 Å². The number of rotatable bonds is 5. The molecule has 0 aliphatic rings. The Balaban J connectivity index is 0. The molecule has 5 nitrogen and oxygen atoms in total. The third-order valence-electron chi connectivity index (χ3n) is 2.51. The van der Waals surface area contributed by atoms with Crippen LogP contribution in [0.5, 0.6) is 0 Å². The van der Waals surface area contributed by atoms with Gasteiger partial charge in [0.2, 0.25) is 0 Å². The van der Waals surface area contributed by atoms with E-state index < -0.39 is 0 Å². The van der Waals surface area contributed by atoms with Crippen molar-refractivity contribution in [2.45, 2.75) is 13.1 Å². The molecule has 0 aliphatic heterocycles. The van der Waals surface area contributed by atoms with E-state index in [0.29, 0.717) is 19.4 Å². The number of hydrogen-bond acceptors (Lipinski definition) is 5. The zero-order valence-electron chi connectivity index (χ0n) is 13.8. The van der Waals surface area contributed by atoms with Gasteiger partial charge in [-0.3, -0.25) is 19.4 Å². The van der Waals surface area contributed by atoms with Crippen LogP contribution in [0.15, 0.2) is 53.5 Å². The number of benzene rings is 2. The first-order valence-electron chi connectivity index (χ1n) is 7.08. The molecule has 0 heterocycles. The van der Waals surface area contributed by atoms with Crippen LogP contribution < -0.4 is 5.73 Å². The van der Waals surface area contributed by atoms with Gasteiger partial charge < -0.3 is 5.73 Å². The van der Waals surface area contributed by atoms with Crippen LogP contribution in [0.1, 0.15) is 11.1 Å². The maximum absolute atomic E-state index is 12.6. The molecule has 2 aromatic carbocycles. The average molecular weight is 385 g/mol. The first-order valence-corrected chi connectivity index (χ1v) is 7.08. The van der Waals surface area contributed by atoms with Gasteiger partial charge in [0, 0.05) is 6.54 Å². The molecule has 0 unspecified atom stereocenters. The Bertz CT molecular complexity index is 692. The molecule has 2 rings (SSSR count). The molecule has 0 saturated carbocycles. The van der Waals surface area contributed by atoms with Crippen molar-refractivity contribution in [3.63, 3.8) is 0 Å². The summed E-state index contributed by atoms with van der Waals surface area (Å²) in [5.74, 6) is -0.508. The van der Waals surface area contributed by atoms with Crippen molar-refractivity contribution in [2.75, 3.05) is 0 Å². The van der Waals surface area contributed by atoms with E-state index >= 15 is 0 Å². The molecule has 0 aliphatic carbocycles. The van der Waals surface area contributed by atoms with Crippen LogP contribution in [0.4, 0.5) is 8.78 Å². The van der Waals surface area contributed by atoms with Crippen LogP contribution >= 0.6 is 12.4 Å². The second-order valence-electron chi connectivity index (χ2n) is 4.36. The van der Waals surface area contributed by atoms with Gasteiger partial charge in [0.05, 0.1) is 12.8 Å². The molecular weight excluding hydrogens is 366 g/mol. The number of carbonyl (C=O) groups excluding carboxylic acids is 3. The lowest BCUT2D eigenvalue weighted by molar-refractivity contribution is -0.122. The van der Waals surface area contributed by atoms with E-state index in [2.05, 4.69) is 4.99 Å². The third kappa shape index (κ3) is 13.6. The summed E-state index contributed by atoms with van der Waals surface area (Å²) >= 11 is 0. The van der Waals surface area contributed by atoms with E-state index in [1.165, 1.54) is 24.3 Å². The minimum atomic E-state index is -0.284. The molecule has 0 amide bonds. The van der Waals surface area contributed by atoms with Gasteiger partial charge in [0.1, 0.15) is 11.6 Å². The zero-order valence-corrected chi connectivity index (χ0v) is 14.6. The summed E-state index contributed by atoms with van der Waals surface area (Å²) in [4.78, 5) is 31.2. The van der Waals surface area contributed by atoms with Gasteiger partial charge in [0.25, 0.3) is 0 Å². The molecule has 0 bridgehead atoms. The lowest BCUT2D eigenvalue weighted by atomic mass is 10.2. The zero-order chi connectivity index (χ0) is 18.9. The second kappa shape index (κ2) is 17.1. The van der Waals surface area contributed by atoms with E-state index in [1.807, 2.05) is 0 Å². The molecule has 0 aromatic heterocycles. The SMILES string of the molecule is Cl.NCc1cccc(F)c1.O=CC=NCc1cccc(F)c1.O=CC=O. The number of carbonyl (C=O) groups is 3. The van der Waals surface area contributed by atoms with Gasteiger partial charge in [0.15, 0.2) is 18.9 Å². The molecular formula is C18H19ClF2N2O3. The molecule has 2 N–H and O–H groups in total. The first kappa shape index (κ1) is 25.5. The minimum Gasteiger partial charge on any atom is -0.326 e. The van der Waals surface area contributed by atoms with Crippen LogP contribution in [0.3, 0.4) is 0 Å². The Labute approximate surface area is 156 Å². The Morgan fingerprint density at radius 3 is 1.73 bits per heavy atom. The van der Waals surface area contributed by atoms with Gasteiger partial charge in [-0.2, -0.15) is 0 Å². The highest BCUT2D eigenvalue weighted by Gasteiger charge is 1.91. The van der Waals surface area contributed by atoms with E-state index in [1.54, 1.807) is 24.3 Å². The van der Waals surface area contributed by atoms with E-state index in [-0.39, 0.29) is 36.6 Å². The molecule has 0 spiro atoms. The highest BCUT2D eigenvalue weighted by atomic mass is 35.5. The van der Waals surface area contributed by atoms with E-state index in [4.69, 9.17) is 15.3 Å². The van der Waals surface area contributed by atoms with E-state index in [9.17, 15) is 13.6 Å². The number of nitrogens with zero attached hydrogens (tertiary/aromatic N) is 1. The molecule has 0 fully saturated rings. The smallest absolute Gasteiger partial charge is 0.182 e. The summed E-state index contributed by atoms with van der Waals surface area (Å²) < 4.78 is 24.9. The van der Waals surface area contributed by atoms with Gasteiger partial charge in [-0.15, -0.1) is 12.4 Å². The van der Waals surface area contributed by atoms with E-state index in [0.717, 1.165) is 17.3 Å². The third-order valence-corrected chi connectivity index (χ3v) is 2.51. The summed E-state index contributed by atoms with van der Waals surface area (Å²) in [6, 6.07) is 12.4. The number of halogens is 3. The largest absolute Gasteiger partial charge is 0.326 e. The lowest BCUT2D eigenvalue weighted by Crippen LogP contribution is -1.95. The van der Waals surface area contributed by atoms with Crippen LogP contribution in [0, 0.1) is 11.6 Å². The molecule has 8 heteroatoms. The fraction of sp³-hybridized carbons (Fsp3) is 0.111. The normalized spacial score (nSPS) is 8.88. The first-order chi connectivity index (χ1) is 12.1. The standard InChI is InChI=1S/C9H8FNO.C7H8FN.C2H2O2.ClH/c10-9-3-1-2-8(6-9)7-11-4-5-12;8-7-3-1-2-6(4-7)5-9;3-1-2-4;/h1-6H,7H2;1-4H,5,9H2;1-2H;1H. The number of aliphatic imine (C=N–C) groups is 1. The predicted molar refractivity (Wildman–Crippen MR) is 98.3 cm³/mol. The molecule has 0 atom stereocenters. The Morgan fingerprint density at radius 2 is 1.35 bits per heavy atom. The van der Waals surface area contributed by atoms with Crippen molar-refractivity contribution in [3.05, 3.63) is 71.3 Å². The second-order valence-corrected chi connectivity index (χ2v) is 4.36. The fourth-order valence-electron chi connectivity index (χ4n) is 1.50. The van der Waals surface area contributed by atoms with Gasteiger partial charge in [-0.05, 0) is 35.4 Å². The number of aldehydes is 3.